The number of nitrogens with zero attached hydrogens (tertiary/aromatic N) is 2. The van der Waals surface area contributed by atoms with Crippen LogP contribution in [0.2, 0.25) is 0 Å². The van der Waals surface area contributed by atoms with Gasteiger partial charge in [0, 0.05) is 18.7 Å². The van der Waals surface area contributed by atoms with E-state index in [1.54, 1.807) is 12.1 Å². The molecule has 2 aromatic carbocycles. The first-order chi connectivity index (χ1) is 18.1. The first-order valence-corrected chi connectivity index (χ1v) is 14.8. The molecule has 1 atom stereocenters. The van der Waals surface area contributed by atoms with Gasteiger partial charge in [-0.25, -0.2) is 8.42 Å². The lowest BCUT2D eigenvalue weighted by molar-refractivity contribution is -0.140. The molecule has 1 fully saturated rings. The Morgan fingerprint density at radius 3 is 2.32 bits per heavy atom. The third-order valence-corrected chi connectivity index (χ3v) is 8.00. The van der Waals surface area contributed by atoms with E-state index in [1.807, 2.05) is 38.1 Å². The molecular weight excluding hydrogens is 506 g/mol. The van der Waals surface area contributed by atoms with Crippen molar-refractivity contribution in [2.75, 3.05) is 31.3 Å². The number of ether oxygens (including phenoxy) is 2. The van der Waals surface area contributed by atoms with Gasteiger partial charge in [-0.15, -0.1) is 0 Å². The number of amides is 2. The van der Waals surface area contributed by atoms with Gasteiger partial charge in [-0.05, 0) is 43.9 Å². The Labute approximate surface area is 226 Å². The molecular formula is C28H39N3O6S. The molecule has 2 aromatic rings. The van der Waals surface area contributed by atoms with E-state index in [2.05, 4.69) is 5.32 Å². The van der Waals surface area contributed by atoms with E-state index in [4.69, 9.17) is 9.47 Å². The SMILES string of the molecule is CC[C@@H](C(=O)NC1CCCC1)N(Cc1cccc(C)c1)C(=O)CN(c1ccc(OC)c(OC)c1)S(C)(=O)=O. The van der Waals surface area contributed by atoms with Gasteiger partial charge in [0.25, 0.3) is 0 Å². The maximum atomic E-state index is 13.9. The Hall–Kier alpha value is -3.27. The summed E-state index contributed by atoms with van der Waals surface area (Å²) in [4.78, 5) is 28.7. The van der Waals surface area contributed by atoms with Crippen LogP contribution in [-0.4, -0.2) is 64.2 Å². The molecule has 0 heterocycles. The summed E-state index contributed by atoms with van der Waals surface area (Å²) in [6, 6.07) is 11.8. The van der Waals surface area contributed by atoms with Gasteiger partial charge in [0.2, 0.25) is 21.8 Å². The average Bonchev–Trinajstić information content (AvgIpc) is 3.39. The smallest absolute Gasteiger partial charge is 0.244 e. The number of sulfonamides is 1. The Morgan fingerprint density at radius 2 is 1.74 bits per heavy atom. The van der Waals surface area contributed by atoms with Gasteiger partial charge < -0.3 is 19.7 Å². The monoisotopic (exact) mass is 545 g/mol. The van der Waals surface area contributed by atoms with Gasteiger partial charge in [-0.3, -0.25) is 13.9 Å². The Bertz CT molecular complexity index is 1230. The number of carbonyl (C=O) groups is 2. The highest BCUT2D eigenvalue weighted by atomic mass is 32.2. The summed E-state index contributed by atoms with van der Waals surface area (Å²) >= 11 is 0. The van der Waals surface area contributed by atoms with Crippen molar-refractivity contribution >= 4 is 27.5 Å². The van der Waals surface area contributed by atoms with Crippen molar-refractivity contribution in [3.63, 3.8) is 0 Å². The zero-order chi connectivity index (χ0) is 27.9. The molecule has 0 saturated heterocycles. The summed E-state index contributed by atoms with van der Waals surface area (Å²) < 4.78 is 37.3. The zero-order valence-electron chi connectivity index (χ0n) is 22.9. The Morgan fingerprint density at radius 1 is 1.05 bits per heavy atom. The summed E-state index contributed by atoms with van der Waals surface area (Å²) in [7, 11) is -0.913. The highest BCUT2D eigenvalue weighted by molar-refractivity contribution is 7.92. The molecule has 10 heteroatoms. The van der Waals surface area contributed by atoms with Crippen molar-refractivity contribution in [1.29, 1.82) is 0 Å². The molecule has 0 bridgehead atoms. The number of benzene rings is 2. The van der Waals surface area contributed by atoms with E-state index >= 15 is 0 Å². The molecule has 1 aliphatic rings. The third kappa shape index (κ3) is 7.40. The van der Waals surface area contributed by atoms with Crippen molar-refractivity contribution in [3.05, 3.63) is 53.6 Å². The fourth-order valence-corrected chi connectivity index (χ4v) is 5.73. The second kappa shape index (κ2) is 13.0. The van der Waals surface area contributed by atoms with Crippen molar-refractivity contribution in [2.45, 2.75) is 64.6 Å². The predicted molar refractivity (Wildman–Crippen MR) is 148 cm³/mol. The first-order valence-electron chi connectivity index (χ1n) is 12.9. The highest BCUT2D eigenvalue weighted by Crippen LogP contribution is 2.32. The summed E-state index contributed by atoms with van der Waals surface area (Å²) in [5, 5.41) is 3.11. The number of hydrogen-bond donors (Lipinski definition) is 1. The van der Waals surface area contributed by atoms with Gasteiger partial charge >= 0.3 is 0 Å². The molecule has 9 nitrogen and oxygen atoms in total. The minimum absolute atomic E-state index is 0.103. The number of nitrogens with one attached hydrogen (secondary N) is 1. The minimum Gasteiger partial charge on any atom is -0.493 e. The standard InChI is InChI=1S/C28H39N3O6S/c1-6-24(28(33)29-22-12-7-8-13-22)30(18-21-11-9-10-20(2)16-21)27(32)19-31(38(5,34)35)23-14-15-25(36-3)26(17-23)37-4/h9-11,14-17,22,24H,6-8,12-13,18-19H2,1-5H3,(H,29,33)/t24-/m0/s1. The van der Waals surface area contributed by atoms with E-state index in [1.165, 1.54) is 25.2 Å². The van der Waals surface area contributed by atoms with Crippen LogP contribution in [0.5, 0.6) is 11.5 Å². The zero-order valence-corrected chi connectivity index (χ0v) is 23.7. The second-order valence-electron chi connectivity index (χ2n) is 9.73. The van der Waals surface area contributed by atoms with Gasteiger partial charge in [0.05, 0.1) is 26.2 Å². The van der Waals surface area contributed by atoms with Crippen LogP contribution in [0.15, 0.2) is 42.5 Å². The molecule has 0 radical (unpaired) electrons. The van der Waals surface area contributed by atoms with Crippen LogP contribution in [0.3, 0.4) is 0 Å². The Balaban J connectivity index is 1.95. The third-order valence-electron chi connectivity index (χ3n) is 6.86. The minimum atomic E-state index is -3.85. The molecule has 0 unspecified atom stereocenters. The van der Waals surface area contributed by atoms with Crippen LogP contribution in [-0.2, 0) is 26.2 Å². The van der Waals surface area contributed by atoms with Crippen LogP contribution in [0.4, 0.5) is 5.69 Å². The molecule has 0 aliphatic heterocycles. The maximum absolute atomic E-state index is 13.9. The van der Waals surface area contributed by atoms with Gasteiger partial charge in [0.1, 0.15) is 12.6 Å². The van der Waals surface area contributed by atoms with E-state index in [9.17, 15) is 18.0 Å². The quantitative estimate of drug-likeness (QED) is 0.437. The molecule has 208 valence electrons. The molecule has 0 aromatic heterocycles. The summed E-state index contributed by atoms with van der Waals surface area (Å²) in [6.07, 6.45) is 5.44. The fourth-order valence-electron chi connectivity index (χ4n) is 4.89. The first kappa shape index (κ1) is 29.3. The molecule has 0 spiro atoms. The van der Waals surface area contributed by atoms with E-state index in [0.717, 1.165) is 47.4 Å². The molecule has 1 aliphatic carbocycles. The van der Waals surface area contributed by atoms with Crippen LogP contribution in [0, 0.1) is 6.92 Å². The van der Waals surface area contributed by atoms with Crippen LogP contribution in [0.1, 0.15) is 50.2 Å². The summed E-state index contributed by atoms with van der Waals surface area (Å²) in [5.41, 5.74) is 2.15. The molecule has 2 amide bonds. The van der Waals surface area contributed by atoms with Crippen LogP contribution in [0.25, 0.3) is 0 Å². The normalized spacial score (nSPS) is 14.6. The number of hydrogen-bond acceptors (Lipinski definition) is 6. The molecule has 1 N–H and O–H groups in total. The van der Waals surface area contributed by atoms with Crippen molar-refractivity contribution in [2.24, 2.45) is 0 Å². The number of methoxy groups -OCH3 is 2. The molecule has 38 heavy (non-hydrogen) atoms. The number of carbonyl (C=O) groups excluding carboxylic acids is 2. The number of aryl methyl sites for hydroxylation is 1. The lowest BCUT2D eigenvalue weighted by atomic mass is 10.1. The Kier molecular flexibility index (Phi) is 10.0. The van der Waals surface area contributed by atoms with Gasteiger partial charge in [0.15, 0.2) is 11.5 Å². The lowest BCUT2D eigenvalue weighted by Crippen LogP contribution is -2.53. The van der Waals surface area contributed by atoms with E-state index < -0.39 is 28.5 Å². The molecule has 3 rings (SSSR count). The predicted octanol–water partition coefficient (Wildman–Crippen LogP) is 3.64. The summed E-state index contributed by atoms with van der Waals surface area (Å²) in [6.45, 7) is 3.54. The summed E-state index contributed by atoms with van der Waals surface area (Å²) in [5.74, 6) is 0.0920. The van der Waals surface area contributed by atoms with E-state index in [0.29, 0.717) is 17.9 Å². The highest BCUT2D eigenvalue weighted by Gasteiger charge is 2.33. The van der Waals surface area contributed by atoms with Gasteiger partial charge in [-0.1, -0.05) is 49.6 Å². The largest absolute Gasteiger partial charge is 0.493 e. The number of rotatable bonds is 12. The van der Waals surface area contributed by atoms with Crippen LogP contribution < -0.4 is 19.1 Å². The van der Waals surface area contributed by atoms with Crippen molar-refractivity contribution < 1.29 is 27.5 Å². The number of anilines is 1. The average molecular weight is 546 g/mol. The van der Waals surface area contributed by atoms with Gasteiger partial charge in [-0.2, -0.15) is 0 Å². The lowest BCUT2D eigenvalue weighted by Gasteiger charge is -2.33. The topological polar surface area (TPSA) is 105 Å². The maximum Gasteiger partial charge on any atom is 0.244 e. The van der Waals surface area contributed by atoms with E-state index in [-0.39, 0.29) is 24.2 Å². The van der Waals surface area contributed by atoms with Crippen molar-refractivity contribution in [1.82, 2.24) is 10.2 Å². The van der Waals surface area contributed by atoms with Crippen molar-refractivity contribution in [3.8, 4) is 11.5 Å². The fraction of sp³-hybridized carbons (Fsp3) is 0.500. The second-order valence-corrected chi connectivity index (χ2v) is 11.6. The molecule has 1 saturated carbocycles. The van der Waals surface area contributed by atoms with Crippen LogP contribution >= 0.6 is 0 Å².